The van der Waals surface area contributed by atoms with E-state index < -0.39 is 29.6 Å². The van der Waals surface area contributed by atoms with Crippen molar-refractivity contribution in [1.82, 2.24) is 0 Å². The van der Waals surface area contributed by atoms with Crippen LogP contribution in [-0.4, -0.2) is 45.2 Å². The molecule has 0 aliphatic carbocycles. The van der Waals surface area contributed by atoms with Gasteiger partial charge in [0, 0.05) is 0 Å². The standard InChI is InChI=1S/C9H12O6/c1-13-8(11)5-3-15-4-6(7(5)10)9(12)14-2/h5-6H,3-4H2,1-2H3. The minimum Gasteiger partial charge on any atom is -0.468 e. The molecule has 0 aromatic heterocycles. The number of methoxy groups -OCH3 is 2. The molecule has 0 saturated carbocycles. The number of rotatable bonds is 2. The van der Waals surface area contributed by atoms with Gasteiger partial charge in [0.15, 0.2) is 5.78 Å². The van der Waals surface area contributed by atoms with Gasteiger partial charge in [-0.25, -0.2) is 0 Å². The molecule has 6 heteroatoms. The van der Waals surface area contributed by atoms with Crippen molar-refractivity contribution in [3.8, 4) is 0 Å². The summed E-state index contributed by atoms with van der Waals surface area (Å²) in [6.45, 7) is -0.0853. The predicted molar refractivity (Wildman–Crippen MR) is 46.8 cm³/mol. The first-order valence-electron chi connectivity index (χ1n) is 4.39. The first kappa shape index (κ1) is 11.6. The molecule has 0 spiro atoms. The third-order valence-electron chi connectivity index (χ3n) is 2.23. The molecule has 1 rings (SSSR count). The van der Waals surface area contributed by atoms with E-state index in [1.165, 1.54) is 14.2 Å². The van der Waals surface area contributed by atoms with E-state index in [1.807, 2.05) is 0 Å². The van der Waals surface area contributed by atoms with E-state index >= 15 is 0 Å². The first-order valence-corrected chi connectivity index (χ1v) is 4.39. The molecule has 0 aromatic carbocycles. The van der Waals surface area contributed by atoms with Crippen LogP contribution in [0, 0.1) is 11.8 Å². The quantitative estimate of drug-likeness (QED) is 0.442. The minimum atomic E-state index is -1.02. The highest BCUT2D eigenvalue weighted by molar-refractivity contribution is 6.08. The maximum atomic E-state index is 11.6. The molecular formula is C9H12O6. The Hall–Kier alpha value is -1.43. The highest BCUT2D eigenvalue weighted by atomic mass is 16.5. The summed E-state index contributed by atoms with van der Waals surface area (Å²) in [6.07, 6.45) is 0. The van der Waals surface area contributed by atoms with E-state index in [4.69, 9.17) is 4.74 Å². The number of ketones is 1. The third-order valence-corrected chi connectivity index (χ3v) is 2.23. The van der Waals surface area contributed by atoms with Crippen LogP contribution in [0.25, 0.3) is 0 Å². The molecule has 1 aliphatic heterocycles. The molecule has 0 aromatic rings. The van der Waals surface area contributed by atoms with Gasteiger partial charge in [-0.2, -0.15) is 0 Å². The Bertz CT molecular complexity index is 258. The second-order valence-electron chi connectivity index (χ2n) is 3.09. The molecule has 1 saturated heterocycles. The van der Waals surface area contributed by atoms with E-state index in [-0.39, 0.29) is 13.2 Å². The Labute approximate surface area is 86.5 Å². The number of ether oxygens (including phenoxy) is 3. The van der Waals surface area contributed by atoms with Crippen molar-refractivity contribution in [2.45, 2.75) is 0 Å². The number of hydrogen-bond acceptors (Lipinski definition) is 6. The summed E-state index contributed by atoms with van der Waals surface area (Å²) in [5.41, 5.74) is 0. The monoisotopic (exact) mass is 216 g/mol. The fraction of sp³-hybridized carbons (Fsp3) is 0.667. The number of carbonyl (C=O) groups is 3. The fourth-order valence-electron chi connectivity index (χ4n) is 1.36. The molecule has 1 aliphatic rings. The average Bonchev–Trinajstić information content (AvgIpc) is 2.27. The van der Waals surface area contributed by atoms with Gasteiger partial charge in [0.1, 0.15) is 11.8 Å². The first-order chi connectivity index (χ1) is 7.11. The Morgan fingerprint density at radius 1 is 1.13 bits per heavy atom. The van der Waals surface area contributed by atoms with Crippen LogP contribution in [0.5, 0.6) is 0 Å². The SMILES string of the molecule is COC(=O)C1COCC(C(=O)OC)C1=O. The van der Waals surface area contributed by atoms with E-state index in [1.54, 1.807) is 0 Å². The summed E-state index contributed by atoms with van der Waals surface area (Å²) in [6, 6.07) is 0. The summed E-state index contributed by atoms with van der Waals surface area (Å²) >= 11 is 0. The van der Waals surface area contributed by atoms with Crippen LogP contribution < -0.4 is 0 Å². The summed E-state index contributed by atoms with van der Waals surface area (Å²) < 4.78 is 13.8. The zero-order valence-corrected chi connectivity index (χ0v) is 8.52. The van der Waals surface area contributed by atoms with Gasteiger partial charge in [-0.15, -0.1) is 0 Å². The average molecular weight is 216 g/mol. The maximum Gasteiger partial charge on any atom is 0.318 e. The summed E-state index contributed by atoms with van der Waals surface area (Å²) in [5.74, 6) is -3.91. The number of esters is 2. The van der Waals surface area contributed by atoms with Crippen LogP contribution in [0.15, 0.2) is 0 Å². The lowest BCUT2D eigenvalue weighted by Gasteiger charge is -2.24. The van der Waals surface area contributed by atoms with Crippen LogP contribution >= 0.6 is 0 Å². The Balaban J connectivity index is 2.75. The van der Waals surface area contributed by atoms with E-state index in [2.05, 4.69) is 9.47 Å². The van der Waals surface area contributed by atoms with E-state index in [0.29, 0.717) is 0 Å². The van der Waals surface area contributed by atoms with Gasteiger partial charge in [-0.05, 0) is 0 Å². The number of carbonyl (C=O) groups excluding carboxylic acids is 3. The van der Waals surface area contributed by atoms with Crippen molar-refractivity contribution in [1.29, 1.82) is 0 Å². The molecule has 2 atom stereocenters. The van der Waals surface area contributed by atoms with Gasteiger partial charge < -0.3 is 14.2 Å². The van der Waals surface area contributed by atoms with Crippen molar-refractivity contribution >= 4 is 17.7 Å². The van der Waals surface area contributed by atoms with E-state index in [9.17, 15) is 14.4 Å². The molecule has 0 N–H and O–H groups in total. The molecule has 1 fully saturated rings. The van der Waals surface area contributed by atoms with Gasteiger partial charge >= 0.3 is 11.9 Å². The second kappa shape index (κ2) is 4.88. The molecule has 2 unspecified atom stereocenters. The van der Waals surface area contributed by atoms with Crippen molar-refractivity contribution in [3.05, 3.63) is 0 Å². The molecular weight excluding hydrogens is 204 g/mol. The number of Topliss-reactive ketones (excluding diaryl/α,β-unsaturated/α-hetero) is 1. The van der Waals surface area contributed by atoms with E-state index in [0.717, 1.165) is 0 Å². The smallest absolute Gasteiger partial charge is 0.318 e. The van der Waals surface area contributed by atoms with Crippen LogP contribution in [-0.2, 0) is 28.6 Å². The highest BCUT2D eigenvalue weighted by Crippen LogP contribution is 2.18. The Morgan fingerprint density at radius 2 is 1.53 bits per heavy atom. The molecule has 0 radical (unpaired) electrons. The van der Waals surface area contributed by atoms with Gasteiger partial charge in [-0.1, -0.05) is 0 Å². The van der Waals surface area contributed by atoms with Gasteiger partial charge in [0.05, 0.1) is 27.4 Å². The normalized spacial score (nSPS) is 25.9. The summed E-state index contributed by atoms with van der Waals surface area (Å²) in [7, 11) is 2.36. The highest BCUT2D eigenvalue weighted by Gasteiger charge is 2.41. The third kappa shape index (κ3) is 2.33. The Morgan fingerprint density at radius 3 is 1.87 bits per heavy atom. The zero-order chi connectivity index (χ0) is 11.4. The zero-order valence-electron chi connectivity index (χ0n) is 8.52. The molecule has 84 valence electrons. The maximum absolute atomic E-state index is 11.6. The van der Waals surface area contributed by atoms with Gasteiger partial charge in [-0.3, -0.25) is 14.4 Å². The lowest BCUT2D eigenvalue weighted by molar-refractivity contribution is -0.165. The summed E-state index contributed by atoms with van der Waals surface area (Å²) in [5, 5.41) is 0. The summed E-state index contributed by atoms with van der Waals surface area (Å²) in [4.78, 5) is 34.0. The molecule has 6 nitrogen and oxygen atoms in total. The van der Waals surface area contributed by atoms with Crippen LogP contribution in [0.1, 0.15) is 0 Å². The number of hydrogen-bond donors (Lipinski definition) is 0. The topological polar surface area (TPSA) is 78.9 Å². The van der Waals surface area contributed by atoms with Crippen LogP contribution in [0.2, 0.25) is 0 Å². The van der Waals surface area contributed by atoms with Crippen molar-refractivity contribution in [2.75, 3.05) is 27.4 Å². The second-order valence-corrected chi connectivity index (χ2v) is 3.09. The lowest BCUT2D eigenvalue weighted by atomic mass is 9.91. The molecule has 0 bridgehead atoms. The molecule has 15 heavy (non-hydrogen) atoms. The van der Waals surface area contributed by atoms with Crippen LogP contribution in [0.3, 0.4) is 0 Å². The van der Waals surface area contributed by atoms with Crippen molar-refractivity contribution in [3.63, 3.8) is 0 Å². The molecule has 0 amide bonds. The largest absolute Gasteiger partial charge is 0.468 e. The Kier molecular flexibility index (Phi) is 3.79. The lowest BCUT2D eigenvalue weighted by Crippen LogP contribution is -2.44. The predicted octanol–water partition coefficient (Wildman–Crippen LogP) is -0.836. The van der Waals surface area contributed by atoms with Crippen molar-refractivity contribution in [2.24, 2.45) is 11.8 Å². The minimum absolute atomic E-state index is 0.0427. The van der Waals surface area contributed by atoms with Crippen molar-refractivity contribution < 1.29 is 28.6 Å². The molecule has 1 heterocycles. The van der Waals surface area contributed by atoms with Gasteiger partial charge in [0.25, 0.3) is 0 Å². The van der Waals surface area contributed by atoms with Crippen LogP contribution in [0.4, 0.5) is 0 Å². The fourth-order valence-corrected chi connectivity index (χ4v) is 1.36. The van der Waals surface area contributed by atoms with Gasteiger partial charge in [0.2, 0.25) is 0 Å².